The fraction of sp³-hybridized carbons (Fsp3) is 0.538. The van der Waals surface area contributed by atoms with Crippen LogP contribution < -0.4 is 0 Å². The van der Waals surface area contributed by atoms with Crippen LogP contribution in [0.25, 0.3) is 0 Å². The van der Waals surface area contributed by atoms with Crippen LogP contribution in [-0.4, -0.2) is 56.7 Å². The number of benzene rings is 1. The molecule has 1 aromatic rings. The van der Waals surface area contributed by atoms with E-state index in [1.165, 1.54) is 12.1 Å². The molecule has 2 rings (SSSR count). The van der Waals surface area contributed by atoms with E-state index in [2.05, 4.69) is 12.6 Å². The van der Waals surface area contributed by atoms with Crippen LogP contribution in [-0.2, 0) is 16.1 Å². The molecule has 122 valence electrons. The number of nitro benzene ring substituents is 1. The molecular weight excluding hydrogens is 314 g/mol. The summed E-state index contributed by atoms with van der Waals surface area (Å²) in [5, 5.41) is 38.4. The average molecular weight is 331 g/mol. The van der Waals surface area contributed by atoms with Crippen molar-refractivity contribution in [2.45, 2.75) is 36.5 Å². The number of nitro groups is 1. The maximum absolute atomic E-state index is 10.6. The molecule has 3 N–H and O–H groups in total. The van der Waals surface area contributed by atoms with Crippen molar-refractivity contribution in [3.8, 4) is 0 Å². The maximum atomic E-state index is 10.6. The Hall–Kier alpha value is -1.23. The second-order valence-electron chi connectivity index (χ2n) is 4.93. The SMILES string of the molecule is O=[N+]([O-])c1ccc(COC2O[C@H](CO)[C@H](O)[C@H](O)[C@H]2S)cc1. The number of thiol groups is 1. The van der Waals surface area contributed by atoms with Gasteiger partial charge in [0.25, 0.3) is 5.69 Å². The van der Waals surface area contributed by atoms with Gasteiger partial charge in [-0.1, -0.05) is 0 Å². The fourth-order valence-electron chi connectivity index (χ4n) is 2.10. The number of rotatable bonds is 5. The Morgan fingerprint density at radius 1 is 1.27 bits per heavy atom. The van der Waals surface area contributed by atoms with Crippen LogP contribution in [0.1, 0.15) is 5.56 Å². The predicted molar refractivity (Wildman–Crippen MR) is 78.4 cm³/mol. The minimum atomic E-state index is -1.24. The molecule has 0 radical (unpaired) electrons. The lowest BCUT2D eigenvalue weighted by atomic mass is 10.0. The minimum absolute atomic E-state index is 0.0244. The van der Waals surface area contributed by atoms with E-state index in [0.29, 0.717) is 5.56 Å². The molecule has 9 heteroatoms. The van der Waals surface area contributed by atoms with Crippen molar-refractivity contribution < 1.29 is 29.7 Å². The monoisotopic (exact) mass is 331 g/mol. The number of nitrogens with zero attached hydrogens (tertiary/aromatic N) is 1. The molecule has 0 saturated carbocycles. The summed E-state index contributed by atoms with van der Waals surface area (Å²) in [7, 11) is 0. The third kappa shape index (κ3) is 3.75. The van der Waals surface area contributed by atoms with Crippen molar-refractivity contribution in [3.63, 3.8) is 0 Å². The molecule has 1 aliphatic rings. The Morgan fingerprint density at radius 2 is 1.91 bits per heavy atom. The van der Waals surface area contributed by atoms with Crippen LogP contribution in [0.5, 0.6) is 0 Å². The number of hydrogen-bond acceptors (Lipinski definition) is 8. The average Bonchev–Trinajstić information content (AvgIpc) is 2.52. The van der Waals surface area contributed by atoms with Gasteiger partial charge in [-0.2, -0.15) is 12.6 Å². The highest BCUT2D eigenvalue weighted by atomic mass is 32.1. The van der Waals surface area contributed by atoms with Crippen molar-refractivity contribution in [1.82, 2.24) is 0 Å². The van der Waals surface area contributed by atoms with Gasteiger partial charge < -0.3 is 24.8 Å². The van der Waals surface area contributed by atoms with Gasteiger partial charge in [0.05, 0.1) is 29.5 Å². The Kier molecular flexibility index (Phi) is 5.73. The summed E-state index contributed by atoms with van der Waals surface area (Å²) in [6.07, 6.45) is -4.32. The summed E-state index contributed by atoms with van der Waals surface area (Å²) >= 11 is 4.15. The van der Waals surface area contributed by atoms with E-state index >= 15 is 0 Å². The van der Waals surface area contributed by atoms with E-state index in [1.54, 1.807) is 12.1 Å². The summed E-state index contributed by atoms with van der Waals surface area (Å²) in [4.78, 5) is 10.1. The summed E-state index contributed by atoms with van der Waals surface area (Å²) in [5.74, 6) is 0. The predicted octanol–water partition coefficient (Wildman–Crippen LogP) is -0.151. The molecule has 0 bridgehead atoms. The topological polar surface area (TPSA) is 122 Å². The van der Waals surface area contributed by atoms with Gasteiger partial charge >= 0.3 is 0 Å². The molecule has 1 aliphatic heterocycles. The summed E-state index contributed by atoms with van der Waals surface area (Å²) in [6.45, 7) is -0.378. The highest BCUT2D eigenvalue weighted by Gasteiger charge is 2.43. The third-order valence-corrected chi connectivity index (χ3v) is 3.96. The first-order valence-electron chi connectivity index (χ1n) is 6.59. The van der Waals surface area contributed by atoms with Gasteiger partial charge in [0.1, 0.15) is 12.2 Å². The molecule has 8 nitrogen and oxygen atoms in total. The van der Waals surface area contributed by atoms with Crippen molar-refractivity contribution in [1.29, 1.82) is 0 Å². The Labute approximate surface area is 131 Å². The molecule has 1 heterocycles. The quantitative estimate of drug-likeness (QED) is 0.336. The molecule has 1 fully saturated rings. The molecule has 0 aliphatic carbocycles. The third-order valence-electron chi connectivity index (χ3n) is 3.41. The van der Waals surface area contributed by atoms with Crippen LogP contribution in [0.2, 0.25) is 0 Å². The first-order chi connectivity index (χ1) is 10.4. The minimum Gasteiger partial charge on any atom is -0.394 e. The zero-order valence-corrected chi connectivity index (χ0v) is 12.4. The summed E-state index contributed by atoms with van der Waals surface area (Å²) < 4.78 is 10.8. The molecule has 1 saturated heterocycles. The first kappa shape index (κ1) is 17.1. The molecule has 1 aromatic carbocycles. The van der Waals surface area contributed by atoms with E-state index < -0.39 is 41.4 Å². The molecule has 1 unspecified atom stereocenters. The van der Waals surface area contributed by atoms with E-state index in [4.69, 9.17) is 14.6 Å². The number of non-ortho nitro benzene ring substituents is 1. The van der Waals surface area contributed by atoms with E-state index in [9.17, 15) is 20.3 Å². The van der Waals surface area contributed by atoms with Gasteiger partial charge in [-0.15, -0.1) is 0 Å². The second-order valence-corrected chi connectivity index (χ2v) is 5.53. The van der Waals surface area contributed by atoms with E-state index in [-0.39, 0.29) is 12.3 Å². The largest absolute Gasteiger partial charge is 0.394 e. The van der Waals surface area contributed by atoms with Crippen LogP contribution in [0, 0.1) is 10.1 Å². The molecule has 0 spiro atoms. The highest BCUT2D eigenvalue weighted by molar-refractivity contribution is 7.81. The van der Waals surface area contributed by atoms with Crippen LogP contribution in [0.15, 0.2) is 24.3 Å². The van der Waals surface area contributed by atoms with Crippen molar-refractivity contribution >= 4 is 18.3 Å². The summed E-state index contributed by atoms with van der Waals surface area (Å²) in [5.41, 5.74) is 0.652. The molecule has 22 heavy (non-hydrogen) atoms. The zero-order chi connectivity index (χ0) is 16.3. The van der Waals surface area contributed by atoms with Crippen LogP contribution >= 0.6 is 12.6 Å². The molecular formula is C13H17NO7S. The van der Waals surface area contributed by atoms with Gasteiger partial charge in [0.15, 0.2) is 6.29 Å². The lowest BCUT2D eigenvalue weighted by Crippen LogP contribution is -2.57. The normalized spacial score (nSPS) is 31.9. The van der Waals surface area contributed by atoms with Crippen molar-refractivity contribution in [2.24, 2.45) is 0 Å². The first-order valence-corrected chi connectivity index (χ1v) is 7.11. The van der Waals surface area contributed by atoms with Crippen LogP contribution in [0.4, 0.5) is 5.69 Å². The van der Waals surface area contributed by atoms with Crippen molar-refractivity contribution in [2.75, 3.05) is 6.61 Å². The Morgan fingerprint density at radius 3 is 2.45 bits per heavy atom. The van der Waals surface area contributed by atoms with Gasteiger partial charge in [0, 0.05) is 12.1 Å². The van der Waals surface area contributed by atoms with E-state index in [0.717, 1.165) is 0 Å². The Bertz CT molecular complexity index is 510. The van der Waals surface area contributed by atoms with E-state index in [1.807, 2.05) is 0 Å². The van der Waals surface area contributed by atoms with Gasteiger partial charge in [0.2, 0.25) is 0 Å². The fourth-order valence-corrected chi connectivity index (χ4v) is 2.43. The lowest BCUT2D eigenvalue weighted by Gasteiger charge is -2.40. The highest BCUT2D eigenvalue weighted by Crippen LogP contribution is 2.26. The number of aliphatic hydroxyl groups excluding tert-OH is 3. The number of ether oxygens (including phenoxy) is 2. The molecule has 0 aromatic heterocycles. The van der Waals surface area contributed by atoms with Crippen LogP contribution in [0.3, 0.4) is 0 Å². The maximum Gasteiger partial charge on any atom is 0.269 e. The Balaban J connectivity index is 1.96. The van der Waals surface area contributed by atoms with Crippen molar-refractivity contribution in [3.05, 3.63) is 39.9 Å². The molecule has 5 atom stereocenters. The molecule has 0 amide bonds. The van der Waals surface area contributed by atoms with Gasteiger partial charge in [-0.05, 0) is 17.7 Å². The smallest absolute Gasteiger partial charge is 0.269 e. The second kappa shape index (κ2) is 7.36. The van der Waals surface area contributed by atoms with Gasteiger partial charge in [-0.3, -0.25) is 10.1 Å². The summed E-state index contributed by atoms with van der Waals surface area (Å²) in [6, 6.07) is 5.80. The number of aliphatic hydroxyl groups is 3. The van der Waals surface area contributed by atoms with Gasteiger partial charge in [-0.25, -0.2) is 0 Å². The number of hydrogen-bond donors (Lipinski definition) is 4. The zero-order valence-electron chi connectivity index (χ0n) is 11.5. The standard InChI is InChI=1S/C13H17NO7S/c15-5-9-10(16)11(17)12(22)13(21-9)20-6-7-1-3-8(4-2-7)14(18)19/h1-4,9-13,15-17,22H,5-6H2/t9-,10+,11+,12-,13?/m1/s1. The lowest BCUT2D eigenvalue weighted by molar-refractivity contribution is -0.384.